The van der Waals surface area contributed by atoms with E-state index in [0.29, 0.717) is 11.8 Å². The molecule has 0 nitrogen and oxygen atoms in total. The first-order valence-electron chi connectivity index (χ1n) is 11.2. The summed E-state index contributed by atoms with van der Waals surface area (Å²) < 4.78 is 0. The number of hydrogen-bond donors (Lipinski definition) is 0. The van der Waals surface area contributed by atoms with Crippen LogP contribution in [0.5, 0.6) is 0 Å². The van der Waals surface area contributed by atoms with Gasteiger partial charge < -0.3 is 0 Å². The van der Waals surface area contributed by atoms with E-state index in [4.69, 9.17) is 0 Å². The Morgan fingerprint density at radius 2 is 1.93 bits per heavy atom. The van der Waals surface area contributed by atoms with Gasteiger partial charge in [-0.15, -0.1) is 0 Å². The molecule has 0 amide bonds. The van der Waals surface area contributed by atoms with Crippen LogP contribution in [-0.4, -0.2) is 0 Å². The molecule has 0 heterocycles. The van der Waals surface area contributed by atoms with Crippen molar-refractivity contribution in [1.29, 1.82) is 0 Å². The van der Waals surface area contributed by atoms with Crippen molar-refractivity contribution >= 4 is 6.08 Å². The molecule has 0 radical (unpaired) electrons. The first-order chi connectivity index (χ1) is 14.6. The van der Waals surface area contributed by atoms with Gasteiger partial charge in [-0.2, -0.15) is 0 Å². The van der Waals surface area contributed by atoms with Crippen molar-refractivity contribution in [3.63, 3.8) is 0 Å². The van der Waals surface area contributed by atoms with Crippen molar-refractivity contribution in [2.45, 2.75) is 39.5 Å². The third-order valence-electron chi connectivity index (χ3n) is 6.57. The highest BCUT2D eigenvalue weighted by Crippen LogP contribution is 2.54. The van der Waals surface area contributed by atoms with Crippen LogP contribution in [0, 0.1) is 11.8 Å². The summed E-state index contributed by atoms with van der Waals surface area (Å²) in [6.45, 7) is 13.6. The maximum atomic E-state index is 4.59. The summed E-state index contributed by atoms with van der Waals surface area (Å²) in [7, 11) is 0. The van der Waals surface area contributed by atoms with Crippen molar-refractivity contribution in [3.05, 3.63) is 125 Å². The second kappa shape index (κ2) is 8.88. The number of benzene rings is 1. The van der Waals surface area contributed by atoms with Gasteiger partial charge in [-0.3, -0.25) is 0 Å². The smallest absolute Gasteiger partial charge is 0.0166 e. The zero-order chi connectivity index (χ0) is 21.1. The molecule has 0 N–H and O–H groups in total. The van der Waals surface area contributed by atoms with Gasteiger partial charge >= 0.3 is 0 Å². The van der Waals surface area contributed by atoms with Crippen molar-refractivity contribution in [2.24, 2.45) is 11.8 Å². The van der Waals surface area contributed by atoms with Gasteiger partial charge in [0.2, 0.25) is 0 Å². The van der Waals surface area contributed by atoms with E-state index in [1.807, 2.05) is 0 Å². The van der Waals surface area contributed by atoms with E-state index in [0.717, 1.165) is 25.7 Å². The highest BCUT2D eigenvalue weighted by Gasteiger charge is 2.41. The Morgan fingerprint density at radius 1 is 1.13 bits per heavy atom. The van der Waals surface area contributed by atoms with Gasteiger partial charge in [0.15, 0.2) is 0 Å². The lowest BCUT2D eigenvalue weighted by Gasteiger charge is -2.35. The molecule has 1 aromatic carbocycles. The van der Waals surface area contributed by atoms with Crippen LogP contribution in [0.15, 0.2) is 119 Å². The average molecular weight is 393 g/mol. The highest BCUT2D eigenvalue weighted by atomic mass is 14.4. The molecule has 1 saturated carbocycles. The van der Waals surface area contributed by atoms with E-state index < -0.39 is 0 Å². The second-order valence-electron chi connectivity index (χ2n) is 8.66. The minimum atomic E-state index is 0.375. The summed E-state index contributed by atoms with van der Waals surface area (Å²) in [5, 5.41) is 0. The maximum Gasteiger partial charge on any atom is 0.0166 e. The molecule has 30 heavy (non-hydrogen) atoms. The number of rotatable bonds is 6. The molecule has 0 spiro atoms. The summed E-state index contributed by atoms with van der Waals surface area (Å²) in [5.74, 6) is 0.760. The van der Waals surface area contributed by atoms with Crippen molar-refractivity contribution < 1.29 is 0 Å². The average Bonchev–Trinajstić information content (AvgIpc) is 3.37. The molecule has 0 saturated heterocycles. The van der Waals surface area contributed by atoms with Crippen LogP contribution >= 0.6 is 0 Å². The van der Waals surface area contributed by atoms with E-state index in [-0.39, 0.29) is 0 Å². The molecule has 4 rings (SSSR count). The normalized spacial score (nSPS) is 24.6. The lowest BCUT2D eigenvalue weighted by molar-refractivity contribution is 0.555. The summed E-state index contributed by atoms with van der Waals surface area (Å²) >= 11 is 0. The fraction of sp³-hybridized carbons (Fsp3) is 0.267. The fourth-order valence-corrected chi connectivity index (χ4v) is 5.23. The lowest BCUT2D eigenvalue weighted by Crippen LogP contribution is -2.24. The SMILES string of the molecule is C=C(CCC)C1=C(C)C=C2CC(=CC=Cc3ccccc3)C(=C)C2C1C1=CC=CC1. The summed E-state index contributed by atoms with van der Waals surface area (Å²) in [6, 6.07) is 10.5. The van der Waals surface area contributed by atoms with E-state index >= 15 is 0 Å². The molecule has 2 atom stereocenters. The second-order valence-corrected chi connectivity index (χ2v) is 8.66. The molecule has 0 bridgehead atoms. The molecular formula is C30H32. The molecule has 3 aliphatic carbocycles. The van der Waals surface area contributed by atoms with Crippen LogP contribution in [-0.2, 0) is 0 Å². The molecule has 3 aliphatic rings. The molecule has 1 fully saturated rings. The number of hydrogen-bond acceptors (Lipinski definition) is 0. The Balaban J connectivity index is 1.66. The molecule has 2 unspecified atom stereocenters. The number of allylic oxidation sites excluding steroid dienone is 13. The van der Waals surface area contributed by atoms with E-state index in [1.54, 1.807) is 0 Å². The van der Waals surface area contributed by atoms with Gasteiger partial charge in [-0.1, -0.05) is 116 Å². The highest BCUT2D eigenvalue weighted by molar-refractivity contribution is 5.61. The molecule has 1 aromatic rings. The van der Waals surface area contributed by atoms with E-state index in [9.17, 15) is 0 Å². The summed E-state index contributed by atoms with van der Waals surface area (Å²) in [5.41, 5.74) is 11.1. The predicted octanol–water partition coefficient (Wildman–Crippen LogP) is 8.32. The molecule has 0 aliphatic heterocycles. The standard InChI is InChI=1S/C30H32/c1-5-12-21(2)28-22(3)19-27-20-26(18-11-15-24-13-7-6-8-14-24)23(4)29(27)30(28)25-16-9-10-17-25/h6-11,13-16,18-19,29-30H,2,4-5,12,17,20H2,1,3H3. The molecule has 152 valence electrons. The van der Waals surface area contributed by atoms with Crippen LogP contribution in [0.1, 0.15) is 45.1 Å². The van der Waals surface area contributed by atoms with Crippen LogP contribution in [0.25, 0.3) is 6.08 Å². The fourth-order valence-electron chi connectivity index (χ4n) is 5.23. The minimum absolute atomic E-state index is 0.375. The van der Waals surface area contributed by atoms with Gasteiger partial charge in [-0.05, 0) is 54.0 Å². The largest absolute Gasteiger partial charge is 0.0955 e. The van der Waals surface area contributed by atoms with E-state index in [1.165, 1.54) is 44.6 Å². The lowest BCUT2D eigenvalue weighted by atomic mass is 9.68. The summed E-state index contributed by atoms with van der Waals surface area (Å²) in [4.78, 5) is 0. The van der Waals surface area contributed by atoms with Gasteiger partial charge in [0.05, 0.1) is 0 Å². The first-order valence-corrected chi connectivity index (χ1v) is 11.2. The topological polar surface area (TPSA) is 0 Å². The molecule has 0 aromatic heterocycles. The van der Waals surface area contributed by atoms with Gasteiger partial charge in [0, 0.05) is 11.8 Å². The Bertz CT molecular complexity index is 1030. The first kappa shape index (κ1) is 20.4. The quantitative estimate of drug-likeness (QED) is 0.456. The monoisotopic (exact) mass is 392 g/mol. The Kier molecular flexibility index (Phi) is 6.04. The van der Waals surface area contributed by atoms with Crippen molar-refractivity contribution in [3.8, 4) is 0 Å². The third kappa shape index (κ3) is 3.92. The zero-order valence-corrected chi connectivity index (χ0v) is 18.3. The Hall–Kier alpha value is -2.86. The predicted molar refractivity (Wildman–Crippen MR) is 131 cm³/mol. The van der Waals surface area contributed by atoms with Crippen molar-refractivity contribution in [1.82, 2.24) is 0 Å². The van der Waals surface area contributed by atoms with Crippen LogP contribution in [0.2, 0.25) is 0 Å². The summed E-state index contributed by atoms with van der Waals surface area (Å²) in [6.07, 6.45) is 20.1. The molecule has 0 heteroatoms. The molecular weight excluding hydrogens is 360 g/mol. The van der Waals surface area contributed by atoms with Crippen LogP contribution < -0.4 is 0 Å². The van der Waals surface area contributed by atoms with Crippen LogP contribution in [0.3, 0.4) is 0 Å². The zero-order valence-electron chi connectivity index (χ0n) is 18.3. The van der Waals surface area contributed by atoms with Gasteiger partial charge in [0.25, 0.3) is 0 Å². The maximum absolute atomic E-state index is 4.59. The van der Waals surface area contributed by atoms with Crippen LogP contribution in [0.4, 0.5) is 0 Å². The van der Waals surface area contributed by atoms with Gasteiger partial charge in [0.1, 0.15) is 0 Å². The van der Waals surface area contributed by atoms with E-state index in [2.05, 4.69) is 99.9 Å². The Morgan fingerprint density at radius 3 is 2.63 bits per heavy atom. The third-order valence-corrected chi connectivity index (χ3v) is 6.57. The Labute approximate surface area is 182 Å². The number of fused-ring (bicyclic) bond motifs is 1. The van der Waals surface area contributed by atoms with Gasteiger partial charge in [-0.25, -0.2) is 0 Å². The minimum Gasteiger partial charge on any atom is -0.0955 e. The van der Waals surface area contributed by atoms with Crippen molar-refractivity contribution in [2.75, 3.05) is 0 Å².